The molecule has 0 spiro atoms. The first kappa shape index (κ1) is 13.7. The largest absolute Gasteiger partial charge is 0.361 e. The van der Waals surface area contributed by atoms with E-state index in [9.17, 15) is 4.79 Å². The predicted octanol–water partition coefficient (Wildman–Crippen LogP) is 2.19. The number of carbonyl (C=O) groups is 1. The minimum absolute atomic E-state index is 0.0405. The van der Waals surface area contributed by atoms with Crippen LogP contribution in [-0.2, 0) is 10.5 Å². The van der Waals surface area contributed by atoms with Crippen LogP contribution < -0.4 is 5.32 Å². The number of aromatic nitrogens is 3. The predicted molar refractivity (Wildman–Crippen MR) is 74.1 cm³/mol. The van der Waals surface area contributed by atoms with Crippen molar-refractivity contribution in [2.75, 3.05) is 11.1 Å². The maximum atomic E-state index is 11.7. The Bertz CT molecular complexity index is 557. The summed E-state index contributed by atoms with van der Waals surface area (Å²) in [7, 11) is 0. The SMILES string of the molecule is Cc1noc(C)c1CSCC(=O)Nc1cn[nH]c1C. The summed E-state index contributed by atoms with van der Waals surface area (Å²) >= 11 is 1.53. The van der Waals surface area contributed by atoms with Crippen molar-refractivity contribution >= 4 is 23.4 Å². The average Bonchev–Trinajstić information content (AvgIpc) is 2.90. The van der Waals surface area contributed by atoms with Crippen LogP contribution in [0.3, 0.4) is 0 Å². The van der Waals surface area contributed by atoms with Crippen LogP contribution >= 0.6 is 11.8 Å². The van der Waals surface area contributed by atoms with E-state index in [1.807, 2.05) is 20.8 Å². The lowest BCUT2D eigenvalue weighted by molar-refractivity contribution is -0.113. The van der Waals surface area contributed by atoms with E-state index in [0.29, 0.717) is 5.75 Å². The number of nitrogens with zero attached hydrogens (tertiary/aromatic N) is 2. The zero-order valence-electron chi connectivity index (χ0n) is 11.1. The monoisotopic (exact) mass is 280 g/mol. The fourth-order valence-electron chi connectivity index (χ4n) is 1.62. The van der Waals surface area contributed by atoms with Crippen LogP contribution in [0.2, 0.25) is 0 Å². The molecule has 2 aromatic heterocycles. The summed E-state index contributed by atoms with van der Waals surface area (Å²) in [6.45, 7) is 5.64. The lowest BCUT2D eigenvalue weighted by Crippen LogP contribution is -2.14. The van der Waals surface area contributed by atoms with Crippen LogP contribution in [0.5, 0.6) is 0 Å². The number of thioether (sulfide) groups is 1. The number of amides is 1. The van der Waals surface area contributed by atoms with Gasteiger partial charge in [-0.3, -0.25) is 9.89 Å². The topological polar surface area (TPSA) is 83.8 Å². The van der Waals surface area contributed by atoms with Gasteiger partial charge >= 0.3 is 0 Å². The maximum Gasteiger partial charge on any atom is 0.234 e. The molecule has 2 heterocycles. The van der Waals surface area contributed by atoms with Crippen molar-refractivity contribution in [2.45, 2.75) is 26.5 Å². The molecule has 102 valence electrons. The highest BCUT2D eigenvalue weighted by atomic mass is 32.2. The number of anilines is 1. The Labute approximate surface area is 115 Å². The van der Waals surface area contributed by atoms with E-state index in [0.717, 1.165) is 34.2 Å². The number of H-pyrrole nitrogens is 1. The Morgan fingerprint density at radius 2 is 2.26 bits per heavy atom. The highest BCUT2D eigenvalue weighted by molar-refractivity contribution is 7.99. The van der Waals surface area contributed by atoms with E-state index < -0.39 is 0 Å². The smallest absolute Gasteiger partial charge is 0.234 e. The van der Waals surface area contributed by atoms with Crippen LogP contribution in [0.15, 0.2) is 10.7 Å². The molecule has 1 amide bonds. The molecule has 0 aliphatic heterocycles. The minimum Gasteiger partial charge on any atom is -0.361 e. The van der Waals surface area contributed by atoms with Gasteiger partial charge in [-0.25, -0.2) is 0 Å². The Kier molecular flexibility index (Phi) is 4.26. The fourth-order valence-corrected chi connectivity index (χ4v) is 2.59. The average molecular weight is 280 g/mol. The third-order valence-corrected chi connectivity index (χ3v) is 3.72. The fraction of sp³-hybridized carbons (Fsp3) is 0.417. The minimum atomic E-state index is -0.0405. The standard InChI is InChI=1S/C12H16N4O2S/c1-7-10(9(3)18-16-7)5-19-6-12(17)14-11-4-13-15-8(11)2/h4H,5-6H2,1-3H3,(H,13,15)(H,14,17). The summed E-state index contributed by atoms with van der Waals surface area (Å²) in [5, 5.41) is 13.3. The summed E-state index contributed by atoms with van der Waals surface area (Å²) in [6, 6.07) is 0. The number of carbonyl (C=O) groups excluding carboxylic acids is 1. The zero-order valence-corrected chi connectivity index (χ0v) is 11.9. The molecule has 7 heteroatoms. The van der Waals surface area contributed by atoms with E-state index in [4.69, 9.17) is 4.52 Å². The van der Waals surface area contributed by atoms with Crippen molar-refractivity contribution in [1.82, 2.24) is 15.4 Å². The van der Waals surface area contributed by atoms with Gasteiger partial charge in [-0.2, -0.15) is 5.10 Å². The number of nitrogens with one attached hydrogen (secondary N) is 2. The van der Waals surface area contributed by atoms with Crippen LogP contribution in [0.4, 0.5) is 5.69 Å². The van der Waals surface area contributed by atoms with Gasteiger partial charge in [-0.05, 0) is 20.8 Å². The van der Waals surface area contributed by atoms with Gasteiger partial charge in [0.15, 0.2) is 0 Å². The third kappa shape index (κ3) is 3.37. The summed E-state index contributed by atoms with van der Waals surface area (Å²) in [5.41, 5.74) is 3.53. The van der Waals surface area contributed by atoms with Gasteiger partial charge in [0.2, 0.25) is 5.91 Å². The molecule has 0 atom stereocenters. The summed E-state index contributed by atoms with van der Waals surface area (Å²) in [4.78, 5) is 11.7. The highest BCUT2D eigenvalue weighted by Crippen LogP contribution is 2.19. The normalized spacial score (nSPS) is 10.7. The first-order valence-corrected chi connectivity index (χ1v) is 7.02. The number of hydrogen-bond donors (Lipinski definition) is 2. The Hall–Kier alpha value is -1.76. The molecule has 2 N–H and O–H groups in total. The Balaban J connectivity index is 1.80. The molecule has 0 saturated carbocycles. The molecule has 0 aliphatic carbocycles. The van der Waals surface area contributed by atoms with E-state index >= 15 is 0 Å². The molecule has 0 radical (unpaired) electrons. The molecule has 0 bridgehead atoms. The van der Waals surface area contributed by atoms with E-state index in [1.54, 1.807) is 6.20 Å². The number of hydrogen-bond acceptors (Lipinski definition) is 5. The first-order valence-electron chi connectivity index (χ1n) is 5.87. The Morgan fingerprint density at radius 1 is 1.47 bits per heavy atom. The van der Waals surface area contributed by atoms with E-state index in [2.05, 4.69) is 20.7 Å². The number of rotatable bonds is 5. The van der Waals surface area contributed by atoms with E-state index in [1.165, 1.54) is 11.8 Å². The van der Waals surface area contributed by atoms with Crippen molar-refractivity contribution in [3.63, 3.8) is 0 Å². The van der Waals surface area contributed by atoms with Gasteiger partial charge in [0.05, 0.1) is 29.0 Å². The molecule has 0 fully saturated rings. The van der Waals surface area contributed by atoms with Crippen molar-refractivity contribution in [3.05, 3.63) is 28.9 Å². The maximum absolute atomic E-state index is 11.7. The lowest BCUT2D eigenvalue weighted by atomic mass is 10.2. The second kappa shape index (κ2) is 5.92. The molecule has 2 aromatic rings. The summed E-state index contributed by atoms with van der Waals surface area (Å²) < 4.78 is 5.08. The molecule has 0 aromatic carbocycles. The van der Waals surface area contributed by atoms with Crippen LogP contribution in [0.1, 0.15) is 22.7 Å². The molecule has 0 aliphatic rings. The van der Waals surface area contributed by atoms with Gasteiger partial charge in [0, 0.05) is 11.3 Å². The zero-order chi connectivity index (χ0) is 13.8. The number of aryl methyl sites for hydroxylation is 3. The van der Waals surface area contributed by atoms with Crippen molar-refractivity contribution in [3.8, 4) is 0 Å². The number of aromatic amines is 1. The van der Waals surface area contributed by atoms with Gasteiger partial charge in [-0.15, -0.1) is 11.8 Å². The second-order valence-corrected chi connectivity index (χ2v) is 5.24. The molecule has 19 heavy (non-hydrogen) atoms. The van der Waals surface area contributed by atoms with Gasteiger partial charge < -0.3 is 9.84 Å². The van der Waals surface area contributed by atoms with Crippen LogP contribution in [0, 0.1) is 20.8 Å². The van der Waals surface area contributed by atoms with Gasteiger partial charge in [0.1, 0.15) is 5.76 Å². The summed E-state index contributed by atoms with van der Waals surface area (Å²) in [5.74, 6) is 1.88. The van der Waals surface area contributed by atoms with Crippen molar-refractivity contribution in [2.24, 2.45) is 0 Å². The highest BCUT2D eigenvalue weighted by Gasteiger charge is 2.11. The van der Waals surface area contributed by atoms with Crippen LogP contribution in [0.25, 0.3) is 0 Å². The lowest BCUT2D eigenvalue weighted by Gasteiger charge is -2.03. The van der Waals surface area contributed by atoms with Crippen LogP contribution in [-0.4, -0.2) is 27.0 Å². The summed E-state index contributed by atoms with van der Waals surface area (Å²) in [6.07, 6.45) is 1.60. The third-order valence-electron chi connectivity index (χ3n) is 2.76. The molecule has 0 saturated heterocycles. The van der Waals surface area contributed by atoms with E-state index in [-0.39, 0.29) is 5.91 Å². The van der Waals surface area contributed by atoms with Gasteiger partial charge in [-0.1, -0.05) is 5.16 Å². The van der Waals surface area contributed by atoms with Gasteiger partial charge in [0.25, 0.3) is 0 Å². The quantitative estimate of drug-likeness (QED) is 0.877. The Morgan fingerprint density at radius 3 is 2.84 bits per heavy atom. The van der Waals surface area contributed by atoms with Crippen molar-refractivity contribution < 1.29 is 9.32 Å². The molecule has 2 rings (SSSR count). The second-order valence-electron chi connectivity index (χ2n) is 4.25. The van der Waals surface area contributed by atoms with Crippen molar-refractivity contribution in [1.29, 1.82) is 0 Å². The molecule has 0 unspecified atom stereocenters. The molecular weight excluding hydrogens is 264 g/mol. The first-order chi connectivity index (χ1) is 9.08. The molecular formula is C12H16N4O2S. The molecule has 6 nitrogen and oxygen atoms in total.